The van der Waals surface area contributed by atoms with Crippen molar-refractivity contribution in [3.63, 3.8) is 0 Å². The number of aliphatic hydroxyl groups is 11. The topological polar surface area (TPSA) is 307 Å². The summed E-state index contributed by atoms with van der Waals surface area (Å²) >= 11 is 0. The van der Waals surface area contributed by atoms with E-state index in [1.54, 1.807) is 6.92 Å². The number of nitrogens with one attached hydrogen (secondary N) is 1. The van der Waals surface area contributed by atoms with Crippen molar-refractivity contribution in [1.29, 1.82) is 0 Å². The van der Waals surface area contributed by atoms with Crippen LogP contribution in [-0.2, 0) is 28.4 Å². The zero-order valence-electron chi connectivity index (χ0n) is 22.7. The van der Waals surface area contributed by atoms with Crippen molar-refractivity contribution in [2.24, 2.45) is 0 Å². The Morgan fingerprint density at radius 1 is 0.738 bits per heavy atom. The van der Waals surface area contributed by atoms with E-state index in [1.165, 1.54) is 0 Å². The fraction of sp³-hybridized carbons (Fsp3) is 0.957. The Kier molecular flexibility index (Phi) is 11.8. The van der Waals surface area contributed by atoms with E-state index in [0.29, 0.717) is 6.42 Å². The van der Waals surface area contributed by atoms with E-state index in [4.69, 9.17) is 28.4 Å². The summed E-state index contributed by atoms with van der Waals surface area (Å²) in [6, 6.07) is 0. The molecule has 12 N–H and O–H groups in total. The minimum absolute atomic E-state index is 0.277. The third-order valence-corrected chi connectivity index (χ3v) is 7.40. The molecule has 0 aromatic heterocycles. The minimum Gasteiger partial charge on any atom is -0.447 e. The number of carbonyl (C=O) groups is 1. The molecular weight excluding hydrogens is 578 g/mol. The maximum atomic E-state index is 11.9. The molecule has 0 aliphatic carbocycles. The van der Waals surface area contributed by atoms with Gasteiger partial charge in [0, 0.05) is 6.54 Å². The van der Waals surface area contributed by atoms with Crippen LogP contribution in [0.5, 0.6) is 0 Å². The molecule has 19 nitrogen and oxygen atoms in total. The third kappa shape index (κ3) is 6.81. The Hall–Kier alpha value is -1.37. The highest BCUT2D eigenvalue weighted by atomic mass is 16.8. The molecule has 0 radical (unpaired) electrons. The predicted molar refractivity (Wildman–Crippen MR) is 130 cm³/mol. The van der Waals surface area contributed by atoms with Gasteiger partial charge in [-0.15, -0.1) is 0 Å². The zero-order chi connectivity index (χ0) is 31.5. The van der Waals surface area contributed by atoms with Crippen LogP contribution in [0.25, 0.3) is 0 Å². The molecule has 0 bridgehead atoms. The molecule has 3 fully saturated rings. The van der Waals surface area contributed by atoms with Crippen LogP contribution in [-0.4, -0.2) is 187 Å². The summed E-state index contributed by atoms with van der Waals surface area (Å²) in [5, 5.41) is 115. The number of hydrogen-bond donors (Lipinski definition) is 12. The maximum absolute atomic E-state index is 11.9. The average molecular weight is 620 g/mol. The highest BCUT2D eigenvalue weighted by Gasteiger charge is 2.62. The minimum atomic E-state index is -2.85. The maximum Gasteiger partial charge on any atom is 0.407 e. The summed E-state index contributed by atoms with van der Waals surface area (Å²) in [4.78, 5) is 11.9. The van der Waals surface area contributed by atoms with Crippen LogP contribution in [0.3, 0.4) is 0 Å². The number of carbonyl (C=O) groups excluding carboxylic acids is 1. The molecule has 42 heavy (non-hydrogen) atoms. The third-order valence-electron chi connectivity index (χ3n) is 7.40. The van der Waals surface area contributed by atoms with Crippen LogP contribution in [0.4, 0.5) is 4.79 Å². The van der Waals surface area contributed by atoms with E-state index in [9.17, 15) is 61.0 Å². The van der Waals surface area contributed by atoms with Gasteiger partial charge in [-0.2, -0.15) is 0 Å². The van der Waals surface area contributed by atoms with Gasteiger partial charge >= 0.3 is 6.09 Å². The number of amides is 1. The van der Waals surface area contributed by atoms with Crippen LogP contribution in [0.15, 0.2) is 0 Å². The number of ether oxygens (including phenoxy) is 6. The molecule has 19 heteroatoms. The van der Waals surface area contributed by atoms with Gasteiger partial charge in [0.2, 0.25) is 17.4 Å². The first kappa shape index (κ1) is 35.1. The van der Waals surface area contributed by atoms with Crippen molar-refractivity contribution < 1.29 is 89.4 Å². The van der Waals surface area contributed by atoms with Gasteiger partial charge in [0.1, 0.15) is 87.5 Å². The molecule has 0 aromatic rings. The summed E-state index contributed by atoms with van der Waals surface area (Å²) in [5.41, 5.74) is 0. The molecule has 1 amide bonds. The highest BCUT2D eigenvalue weighted by molar-refractivity contribution is 5.67. The van der Waals surface area contributed by atoms with E-state index in [1.807, 2.05) is 0 Å². The summed E-state index contributed by atoms with van der Waals surface area (Å²) in [6.07, 6.45) is -18.5. The van der Waals surface area contributed by atoms with Gasteiger partial charge in [-0.05, 0) is 6.42 Å². The van der Waals surface area contributed by atoms with Gasteiger partial charge in [0.25, 0.3) is 0 Å². The van der Waals surface area contributed by atoms with E-state index in [2.05, 4.69) is 5.32 Å². The molecule has 0 aromatic carbocycles. The van der Waals surface area contributed by atoms with Gasteiger partial charge in [0.05, 0.1) is 13.2 Å². The summed E-state index contributed by atoms with van der Waals surface area (Å²) in [5.74, 6) is -7.83. The van der Waals surface area contributed by atoms with Crippen molar-refractivity contribution in [1.82, 2.24) is 5.32 Å². The van der Waals surface area contributed by atoms with Gasteiger partial charge < -0.3 is 89.9 Å². The summed E-state index contributed by atoms with van der Waals surface area (Å²) in [6.45, 7) is -3.59. The molecule has 0 spiro atoms. The Balaban J connectivity index is 1.86. The first-order valence-electron chi connectivity index (χ1n) is 13.3. The largest absolute Gasteiger partial charge is 0.447 e. The van der Waals surface area contributed by atoms with Crippen molar-refractivity contribution in [2.45, 2.75) is 91.7 Å². The number of hydrogen-bond acceptors (Lipinski definition) is 18. The smallest absolute Gasteiger partial charge is 0.407 e. The molecule has 13 atom stereocenters. The van der Waals surface area contributed by atoms with Crippen LogP contribution in [0, 0.1) is 0 Å². The van der Waals surface area contributed by atoms with Gasteiger partial charge in [-0.1, -0.05) is 6.92 Å². The number of aliphatic hydroxyl groups excluding tert-OH is 10. The molecule has 246 valence electrons. The Bertz CT molecular complexity index is 884. The van der Waals surface area contributed by atoms with Gasteiger partial charge in [-0.25, -0.2) is 4.79 Å². The molecule has 4 unspecified atom stereocenters. The number of rotatable bonds is 13. The molecule has 0 saturated carbocycles. The Labute approximate surface area is 239 Å². The molecule has 3 aliphatic rings. The normalized spacial score (nSPS) is 45.7. The second kappa shape index (κ2) is 14.2. The van der Waals surface area contributed by atoms with Crippen LogP contribution in [0.1, 0.15) is 13.3 Å². The lowest BCUT2D eigenvalue weighted by atomic mass is 9.93. The van der Waals surface area contributed by atoms with Crippen molar-refractivity contribution in [2.75, 3.05) is 46.2 Å². The second-order valence-electron chi connectivity index (χ2n) is 10.4. The van der Waals surface area contributed by atoms with E-state index >= 15 is 0 Å². The average Bonchev–Trinajstić information content (AvgIpc) is 3.38. The van der Waals surface area contributed by atoms with Gasteiger partial charge in [-0.3, -0.25) is 0 Å². The monoisotopic (exact) mass is 619 g/mol. The quantitative estimate of drug-likeness (QED) is 0.0911. The zero-order valence-corrected chi connectivity index (χ0v) is 22.7. The Morgan fingerprint density at radius 3 is 1.86 bits per heavy atom. The van der Waals surface area contributed by atoms with Crippen LogP contribution in [0.2, 0.25) is 0 Å². The van der Waals surface area contributed by atoms with E-state index in [0.717, 1.165) is 0 Å². The molecule has 3 aliphatic heterocycles. The lowest BCUT2D eigenvalue weighted by Crippen LogP contribution is -2.68. The standard InChI is InChI=1S/C23H41NO18/c1-2-3-24-20(35)37-6-12-15(30)19(34)23(42-12,9-39-22(7-27)18(33)14(29)11(5-26)41-22)38-8-21(36)17(32)16(31)13(28)10(4-25)40-21/h10-19,25-34,36H,2-9H2,1H3,(H,24,35)/t10?,11-,12-,13-,14?,15?,16+,17?,18-,19-,21-,22-,23-/m1/s1. The van der Waals surface area contributed by atoms with E-state index < -0.39 is 124 Å². The van der Waals surface area contributed by atoms with E-state index in [-0.39, 0.29) is 6.54 Å². The summed E-state index contributed by atoms with van der Waals surface area (Å²) in [7, 11) is 0. The molecular formula is C23H41NO18. The predicted octanol–water partition coefficient (Wildman–Crippen LogP) is -7.06. The first-order valence-corrected chi connectivity index (χ1v) is 13.3. The molecule has 3 saturated heterocycles. The fourth-order valence-corrected chi connectivity index (χ4v) is 4.80. The molecule has 3 rings (SSSR count). The highest BCUT2D eigenvalue weighted by Crippen LogP contribution is 2.39. The summed E-state index contributed by atoms with van der Waals surface area (Å²) < 4.78 is 32.2. The fourth-order valence-electron chi connectivity index (χ4n) is 4.80. The van der Waals surface area contributed by atoms with Crippen molar-refractivity contribution in [3.05, 3.63) is 0 Å². The van der Waals surface area contributed by atoms with Crippen molar-refractivity contribution >= 4 is 6.09 Å². The lowest BCUT2D eigenvalue weighted by Gasteiger charge is -2.46. The lowest BCUT2D eigenvalue weighted by molar-refractivity contribution is -0.392. The Morgan fingerprint density at radius 2 is 1.29 bits per heavy atom. The van der Waals surface area contributed by atoms with Gasteiger partial charge in [0.15, 0.2) is 0 Å². The second-order valence-corrected chi connectivity index (χ2v) is 10.4. The SMILES string of the molecule is CCCNC(=O)OC[C@H]1O[C@@](CO[C@]2(CO)O[C@H](CO)C(O)[C@H]2O)(OC[C@@]2(O)OC(CO)[C@@H](O)[C@H](O)C2O)[C@H](O)C1O. The van der Waals surface area contributed by atoms with Crippen molar-refractivity contribution in [3.8, 4) is 0 Å². The molecule has 3 heterocycles. The number of alkyl carbamates (subject to hydrolysis) is 1. The first-order chi connectivity index (χ1) is 19.7. The van der Waals surface area contributed by atoms with Crippen LogP contribution >= 0.6 is 0 Å². The van der Waals surface area contributed by atoms with Crippen LogP contribution < -0.4 is 5.32 Å².